The van der Waals surface area contributed by atoms with Crippen molar-refractivity contribution in [3.8, 4) is 0 Å². The maximum atomic E-state index is 14.7. The fourth-order valence-electron chi connectivity index (χ4n) is 3.63. The van der Waals surface area contributed by atoms with Crippen LogP contribution in [0.3, 0.4) is 0 Å². The summed E-state index contributed by atoms with van der Waals surface area (Å²) < 4.78 is 14.7. The van der Waals surface area contributed by atoms with Crippen molar-refractivity contribution < 1.29 is 9.18 Å². The summed E-state index contributed by atoms with van der Waals surface area (Å²) in [5.74, 6) is -0.378. The molecular weight excluding hydrogens is 355 g/mol. The average molecular weight is 380 g/mol. The van der Waals surface area contributed by atoms with Crippen molar-refractivity contribution in [3.63, 3.8) is 0 Å². The predicted octanol–water partition coefficient (Wildman–Crippen LogP) is 5.00. The van der Waals surface area contributed by atoms with Gasteiger partial charge in [-0.05, 0) is 57.5 Å². The fraction of sp³-hybridized carbons (Fsp3) is 0.273. The molecule has 0 unspecified atom stereocenters. The zero-order valence-corrected chi connectivity index (χ0v) is 16.6. The third-order valence-electron chi connectivity index (χ3n) is 4.81. The van der Waals surface area contributed by atoms with E-state index in [0.29, 0.717) is 11.3 Å². The number of hydrogen-bond donors (Lipinski definition) is 2. The van der Waals surface area contributed by atoms with E-state index in [1.807, 2.05) is 25.1 Å². The summed E-state index contributed by atoms with van der Waals surface area (Å²) in [7, 11) is 0. The van der Waals surface area contributed by atoms with Crippen LogP contribution in [0.1, 0.15) is 38.8 Å². The molecule has 0 spiro atoms. The Hall–Kier alpha value is -3.15. The molecule has 0 saturated carbocycles. The SMILES string of the molecule is CCN1c2cc(F)c(/C=N/NC(=O)Nc3ccccc3)cc2C(C)=CC1(C)C. The second kappa shape index (κ2) is 7.84. The van der Waals surface area contributed by atoms with E-state index in [4.69, 9.17) is 0 Å². The maximum Gasteiger partial charge on any atom is 0.339 e. The smallest absolute Gasteiger partial charge is 0.339 e. The van der Waals surface area contributed by atoms with Crippen LogP contribution in [-0.2, 0) is 0 Å². The number of likely N-dealkylation sites (N-methyl/N-ethyl adjacent to an activating group) is 1. The van der Waals surface area contributed by atoms with E-state index in [0.717, 1.165) is 23.4 Å². The Morgan fingerprint density at radius 2 is 1.96 bits per heavy atom. The van der Waals surface area contributed by atoms with Gasteiger partial charge < -0.3 is 10.2 Å². The van der Waals surface area contributed by atoms with E-state index in [2.05, 4.69) is 47.6 Å². The molecule has 146 valence electrons. The standard InChI is InChI=1S/C22H25FN4O/c1-5-27-20-12-19(23)16(11-18(20)15(2)13-22(27,3)4)14-24-26-21(28)25-17-9-7-6-8-10-17/h6-14H,5H2,1-4H3,(H2,25,26,28)/b24-14+. The summed E-state index contributed by atoms with van der Waals surface area (Å²) >= 11 is 0. The quantitative estimate of drug-likeness (QED) is 0.579. The first-order chi connectivity index (χ1) is 13.3. The molecule has 0 aromatic heterocycles. The highest BCUT2D eigenvalue weighted by atomic mass is 19.1. The second-order valence-electron chi connectivity index (χ2n) is 7.31. The number of carbonyl (C=O) groups is 1. The number of allylic oxidation sites excluding steroid dienone is 1. The molecule has 2 N–H and O–H groups in total. The van der Waals surface area contributed by atoms with Crippen LogP contribution in [0.15, 0.2) is 53.6 Å². The third-order valence-corrected chi connectivity index (χ3v) is 4.81. The molecule has 0 fully saturated rings. The number of fused-ring (bicyclic) bond motifs is 1. The normalized spacial score (nSPS) is 15.2. The summed E-state index contributed by atoms with van der Waals surface area (Å²) in [6.45, 7) is 9.09. The molecule has 0 bridgehead atoms. The molecule has 0 aliphatic carbocycles. The van der Waals surface area contributed by atoms with Gasteiger partial charge in [-0.1, -0.05) is 24.3 Å². The molecule has 1 aliphatic rings. The number of nitrogens with zero attached hydrogens (tertiary/aromatic N) is 2. The number of anilines is 2. The highest BCUT2D eigenvalue weighted by Gasteiger charge is 2.30. The number of halogens is 1. The molecule has 6 heteroatoms. The van der Waals surface area contributed by atoms with Crippen LogP contribution < -0.4 is 15.6 Å². The topological polar surface area (TPSA) is 56.7 Å². The van der Waals surface area contributed by atoms with Crippen molar-refractivity contribution in [1.82, 2.24) is 5.43 Å². The third kappa shape index (κ3) is 4.06. The van der Waals surface area contributed by atoms with Gasteiger partial charge in [0.25, 0.3) is 0 Å². The molecule has 1 heterocycles. The Balaban J connectivity index is 1.78. The summed E-state index contributed by atoms with van der Waals surface area (Å²) in [5.41, 5.74) is 6.09. The number of urea groups is 1. The van der Waals surface area contributed by atoms with Crippen molar-refractivity contribution in [2.75, 3.05) is 16.8 Å². The minimum absolute atomic E-state index is 0.176. The van der Waals surface area contributed by atoms with Crippen molar-refractivity contribution in [2.45, 2.75) is 33.2 Å². The zero-order chi connectivity index (χ0) is 20.3. The first-order valence-corrected chi connectivity index (χ1v) is 9.28. The zero-order valence-electron chi connectivity index (χ0n) is 16.6. The molecule has 2 amide bonds. The Morgan fingerprint density at radius 1 is 1.25 bits per heavy atom. The maximum absolute atomic E-state index is 14.7. The molecule has 2 aromatic rings. The average Bonchev–Trinajstić information content (AvgIpc) is 2.63. The van der Waals surface area contributed by atoms with E-state index in [-0.39, 0.29) is 11.4 Å². The Morgan fingerprint density at radius 3 is 2.64 bits per heavy atom. The van der Waals surface area contributed by atoms with Gasteiger partial charge in [0, 0.05) is 29.0 Å². The molecular formula is C22H25FN4O. The lowest BCUT2D eigenvalue weighted by molar-refractivity contribution is 0.252. The lowest BCUT2D eigenvalue weighted by Gasteiger charge is -2.42. The lowest BCUT2D eigenvalue weighted by atomic mass is 9.88. The number of benzene rings is 2. The van der Waals surface area contributed by atoms with E-state index in [1.54, 1.807) is 24.3 Å². The van der Waals surface area contributed by atoms with Crippen LogP contribution in [-0.4, -0.2) is 24.3 Å². The van der Waals surface area contributed by atoms with Crippen LogP contribution in [0.5, 0.6) is 0 Å². The molecule has 5 nitrogen and oxygen atoms in total. The van der Waals surface area contributed by atoms with Gasteiger partial charge in [-0.3, -0.25) is 0 Å². The number of para-hydroxylation sites is 1. The van der Waals surface area contributed by atoms with Gasteiger partial charge in [0.15, 0.2) is 0 Å². The summed E-state index contributed by atoms with van der Waals surface area (Å²) in [6.07, 6.45) is 3.51. The predicted molar refractivity (Wildman–Crippen MR) is 113 cm³/mol. The minimum Gasteiger partial charge on any atom is -0.363 e. The van der Waals surface area contributed by atoms with E-state index in [9.17, 15) is 9.18 Å². The van der Waals surface area contributed by atoms with E-state index < -0.39 is 6.03 Å². The number of nitrogens with one attached hydrogen (secondary N) is 2. The van der Waals surface area contributed by atoms with Gasteiger partial charge in [-0.25, -0.2) is 14.6 Å². The van der Waals surface area contributed by atoms with Gasteiger partial charge in [-0.15, -0.1) is 0 Å². The van der Waals surface area contributed by atoms with Gasteiger partial charge >= 0.3 is 6.03 Å². The second-order valence-corrected chi connectivity index (χ2v) is 7.31. The summed E-state index contributed by atoms with van der Waals surface area (Å²) in [6, 6.07) is 11.9. The van der Waals surface area contributed by atoms with Crippen LogP contribution in [0.25, 0.3) is 5.57 Å². The van der Waals surface area contributed by atoms with Gasteiger partial charge in [0.05, 0.1) is 11.8 Å². The van der Waals surface area contributed by atoms with Crippen LogP contribution in [0.2, 0.25) is 0 Å². The van der Waals surface area contributed by atoms with Gasteiger partial charge in [0.2, 0.25) is 0 Å². The fourth-order valence-corrected chi connectivity index (χ4v) is 3.63. The molecule has 28 heavy (non-hydrogen) atoms. The van der Waals surface area contributed by atoms with Gasteiger partial charge in [0.1, 0.15) is 5.82 Å². The largest absolute Gasteiger partial charge is 0.363 e. The van der Waals surface area contributed by atoms with Crippen molar-refractivity contribution in [3.05, 3.63) is 65.5 Å². The van der Waals surface area contributed by atoms with Crippen molar-refractivity contribution >= 4 is 29.2 Å². The molecule has 2 aromatic carbocycles. The Bertz CT molecular complexity index is 935. The highest BCUT2D eigenvalue weighted by Crippen LogP contribution is 2.39. The number of hydrogen-bond acceptors (Lipinski definition) is 3. The highest BCUT2D eigenvalue weighted by molar-refractivity contribution is 5.91. The number of carbonyl (C=O) groups excluding carboxylic acids is 1. The molecule has 0 radical (unpaired) electrons. The number of rotatable bonds is 4. The number of hydrazone groups is 1. The Kier molecular flexibility index (Phi) is 5.49. The first-order valence-electron chi connectivity index (χ1n) is 9.28. The van der Waals surface area contributed by atoms with Gasteiger partial charge in [-0.2, -0.15) is 5.10 Å². The lowest BCUT2D eigenvalue weighted by Crippen LogP contribution is -2.45. The van der Waals surface area contributed by atoms with E-state index in [1.165, 1.54) is 6.21 Å². The van der Waals surface area contributed by atoms with E-state index >= 15 is 0 Å². The van der Waals surface area contributed by atoms with Crippen molar-refractivity contribution in [1.29, 1.82) is 0 Å². The number of amides is 2. The van der Waals surface area contributed by atoms with Crippen LogP contribution >= 0.6 is 0 Å². The summed E-state index contributed by atoms with van der Waals surface area (Å²) in [4.78, 5) is 14.1. The molecule has 1 aliphatic heterocycles. The van der Waals surface area contributed by atoms with Crippen molar-refractivity contribution in [2.24, 2.45) is 5.10 Å². The monoisotopic (exact) mass is 380 g/mol. The minimum atomic E-state index is -0.490. The Labute approximate surface area is 164 Å². The van der Waals surface area contributed by atoms with Crippen LogP contribution in [0.4, 0.5) is 20.6 Å². The van der Waals surface area contributed by atoms with Crippen LogP contribution in [0, 0.1) is 5.82 Å². The summed E-state index contributed by atoms with van der Waals surface area (Å²) in [5, 5.41) is 6.53. The molecule has 0 saturated heterocycles. The first kappa shape index (κ1) is 19.6. The molecule has 0 atom stereocenters. The molecule has 3 rings (SSSR count).